The van der Waals surface area contributed by atoms with E-state index in [4.69, 9.17) is 4.42 Å². The van der Waals surface area contributed by atoms with Crippen molar-refractivity contribution in [3.63, 3.8) is 0 Å². The molecule has 0 atom stereocenters. The van der Waals surface area contributed by atoms with E-state index < -0.39 is 0 Å². The van der Waals surface area contributed by atoms with Gasteiger partial charge in [-0.1, -0.05) is 72.8 Å². The Hall–Kier alpha value is -3.82. The Bertz CT molecular complexity index is 1730. The maximum absolute atomic E-state index is 6.60. The normalized spacial score (nSPS) is 11.9. The lowest BCUT2D eigenvalue weighted by Crippen LogP contribution is -1.93. The quantitative estimate of drug-likeness (QED) is 0.277. The lowest BCUT2D eigenvalue weighted by Gasteiger charge is -2.09. The fourth-order valence-corrected chi connectivity index (χ4v) is 5.81. The molecule has 0 bridgehead atoms. The number of thiophene rings is 1. The van der Waals surface area contributed by atoms with Crippen LogP contribution in [0.15, 0.2) is 108 Å². The van der Waals surface area contributed by atoms with Crippen molar-refractivity contribution in [3.8, 4) is 16.8 Å². The largest absolute Gasteiger partial charge is 0.438 e. The monoisotopic (exact) mass is 415 g/mol. The molecule has 4 aromatic carbocycles. The Morgan fingerprint density at radius 2 is 1.39 bits per heavy atom. The Labute approximate surface area is 182 Å². The van der Waals surface area contributed by atoms with Crippen molar-refractivity contribution in [1.82, 2.24) is 4.57 Å². The first kappa shape index (κ1) is 16.9. The highest BCUT2D eigenvalue weighted by Crippen LogP contribution is 2.45. The summed E-state index contributed by atoms with van der Waals surface area (Å²) in [5.74, 6) is 0. The number of fused-ring (bicyclic) bond motifs is 7. The highest BCUT2D eigenvalue weighted by molar-refractivity contribution is 7.26. The van der Waals surface area contributed by atoms with Gasteiger partial charge in [-0.25, -0.2) is 0 Å². The maximum atomic E-state index is 6.60. The summed E-state index contributed by atoms with van der Waals surface area (Å²) in [5.41, 5.74) is 6.59. The van der Waals surface area contributed by atoms with Gasteiger partial charge in [0.15, 0.2) is 5.58 Å². The molecule has 0 aliphatic heterocycles. The molecule has 0 spiro atoms. The molecule has 0 amide bonds. The summed E-state index contributed by atoms with van der Waals surface area (Å²) in [7, 11) is 0. The van der Waals surface area contributed by atoms with Gasteiger partial charge in [-0.15, -0.1) is 11.3 Å². The number of nitrogens with zero attached hydrogens (tertiary/aromatic N) is 1. The molecule has 146 valence electrons. The van der Waals surface area contributed by atoms with Gasteiger partial charge in [0.05, 0.1) is 15.6 Å². The van der Waals surface area contributed by atoms with E-state index in [1.165, 1.54) is 42.2 Å². The second-order valence-electron chi connectivity index (χ2n) is 7.81. The fraction of sp³-hybridized carbons (Fsp3) is 0. The summed E-state index contributed by atoms with van der Waals surface area (Å²) in [6, 6.07) is 36.3. The molecule has 3 aromatic heterocycles. The molecule has 0 saturated carbocycles. The zero-order chi connectivity index (χ0) is 20.4. The number of hydrogen-bond donors (Lipinski definition) is 0. The summed E-state index contributed by atoms with van der Waals surface area (Å²) in [6.07, 6.45) is 0. The molecule has 31 heavy (non-hydrogen) atoms. The highest BCUT2D eigenvalue weighted by Gasteiger charge is 2.22. The zero-order valence-corrected chi connectivity index (χ0v) is 17.4. The molecule has 0 fully saturated rings. The van der Waals surface area contributed by atoms with Crippen LogP contribution in [0.2, 0.25) is 0 Å². The minimum Gasteiger partial charge on any atom is -0.438 e. The molecule has 0 saturated heterocycles. The molecule has 7 rings (SSSR count). The number of furan rings is 1. The minimum atomic E-state index is 0.915. The van der Waals surface area contributed by atoms with E-state index in [1.807, 2.05) is 11.3 Å². The number of rotatable bonds is 2. The summed E-state index contributed by atoms with van der Waals surface area (Å²) in [6.45, 7) is 0. The summed E-state index contributed by atoms with van der Waals surface area (Å²) < 4.78 is 11.3. The molecule has 0 aliphatic carbocycles. The van der Waals surface area contributed by atoms with E-state index in [2.05, 4.69) is 108 Å². The van der Waals surface area contributed by atoms with Crippen molar-refractivity contribution in [1.29, 1.82) is 0 Å². The van der Waals surface area contributed by atoms with E-state index in [0.29, 0.717) is 0 Å². The van der Waals surface area contributed by atoms with Crippen molar-refractivity contribution < 1.29 is 4.42 Å². The third-order valence-electron chi connectivity index (χ3n) is 6.02. The molecule has 3 heteroatoms. The van der Waals surface area contributed by atoms with Gasteiger partial charge < -0.3 is 4.42 Å². The molecular formula is C28H17NOS. The van der Waals surface area contributed by atoms with Crippen molar-refractivity contribution in [2.45, 2.75) is 0 Å². The summed E-state index contributed by atoms with van der Waals surface area (Å²) >= 11 is 1.81. The van der Waals surface area contributed by atoms with Crippen molar-refractivity contribution >= 4 is 53.7 Å². The molecule has 7 aromatic rings. The average molecular weight is 416 g/mol. The van der Waals surface area contributed by atoms with E-state index in [9.17, 15) is 0 Å². The second kappa shape index (κ2) is 6.34. The summed E-state index contributed by atoms with van der Waals surface area (Å²) in [5, 5.41) is 3.62. The van der Waals surface area contributed by atoms with Gasteiger partial charge in [0.1, 0.15) is 0 Å². The Balaban J connectivity index is 1.58. The minimum absolute atomic E-state index is 0.915. The molecule has 0 unspecified atom stereocenters. The van der Waals surface area contributed by atoms with Crippen molar-refractivity contribution in [2.75, 3.05) is 0 Å². The van der Waals surface area contributed by atoms with Crippen LogP contribution in [-0.2, 0) is 0 Å². The number of para-hydroxylation sites is 1. The van der Waals surface area contributed by atoms with Gasteiger partial charge >= 0.3 is 0 Å². The maximum Gasteiger partial charge on any atom is 0.214 e. The van der Waals surface area contributed by atoms with E-state index in [1.54, 1.807) is 0 Å². The smallest absolute Gasteiger partial charge is 0.214 e. The standard InChI is InChI=1S/C28H17NOS/c1-2-9-18(10-3-1)19-11-8-12-20(17-19)29-23-15-6-4-13-21(23)25-27-26(30-28(25)29)22-14-5-7-16-24(22)31-27/h1-17H. The Kier molecular flexibility index (Phi) is 3.46. The highest BCUT2D eigenvalue weighted by atomic mass is 32.1. The van der Waals surface area contributed by atoms with Gasteiger partial charge in [-0.3, -0.25) is 4.57 Å². The van der Waals surface area contributed by atoms with E-state index >= 15 is 0 Å². The van der Waals surface area contributed by atoms with Crippen LogP contribution in [0.1, 0.15) is 0 Å². The molecular weight excluding hydrogens is 398 g/mol. The lowest BCUT2D eigenvalue weighted by molar-refractivity contribution is 0.649. The predicted octanol–water partition coefficient (Wildman–Crippen LogP) is 8.41. The van der Waals surface area contributed by atoms with Crippen LogP contribution in [0.3, 0.4) is 0 Å². The SMILES string of the molecule is c1ccc(-c2cccc(-n3c4ccccc4c4c5sc6ccccc6c5oc43)c2)cc1. The Morgan fingerprint density at radius 1 is 0.645 bits per heavy atom. The lowest BCUT2D eigenvalue weighted by atomic mass is 10.1. The van der Waals surface area contributed by atoms with Crippen molar-refractivity contribution in [2.24, 2.45) is 0 Å². The van der Waals surface area contributed by atoms with Gasteiger partial charge in [0.25, 0.3) is 0 Å². The zero-order valence-electron chi connectivity index (χ0n) is 16.6. The molecule has 0 aliphatic rings. The van der Waals surface area contributed by atoms with E-state index in [0.717, 1.165) is 17.0 Å². The first-order valence-electron chi connectivity index (χ1n) is 10.4. The molecule has 0 radical (unpaired) electrons. The van der Waals surface area contributed by atoms with Gasteiger partial charge in [0, 0.05) is 21.2 Å². The number of hydrogen-bond acceptors (Lipinski definition) is 2. The number of aromatic nitrogens is 1. The first-order valence-corrected chi connectivity index (χ1v) is 11.2. The fourth-order valence-electron chi connectivity index (χ4n) is 4.63. The van der Waals surface area contributed by atoms with Gasteiger partial charge in [-0.2, -0.15) is 0 Å². The van der Waals surface area contributed by atoms with Crippen LogP contribution in [0, 0.1) is 0 Å². The topological polar surface area (TPSA) is 18.1 Å². The first-order chi connectivity index (χ1) is 15.4. The van der Waals surface area contributed by atoms with Crippen molar-refractivity contribution in [3.05, 3.63) is 103 Å². The molecule has 3 heterocycles. The summed E-state index contributed by atoms with van der Waals surface area (Å²) in [4.78, 5) is 0. The van der Waals surface area contributed by atoms with Crippen LogP contribution < -0.4 is 0 Å². The third kappa shape index (κ3) is 2.38. The molecule has 0 N–H and O–H groups in total. The average Bonchev–Trinajstić information content (AvgIpc) is 3.46. The van der Waals surface area contributed by atoms with Gasteiger partial charge in [-0.05, 0) is 41.5 Å². The Morgan fingerprint density at radius 3 is 2.29 bits per heavy atom. The third-order valence-corrected chi connectivity index (χ3v) is 7.19. The van der Waals surface area contributed by atoms with Crippen LogP contribution in [-0.4, -0.2) is 4.57 Å². The van der Waals surface area contributed by atoms with E-state index in [-0.39, 0.29) is 0 Å². The van der Waals surface area contributed by atoms with Gasteiger partial charge in [0.2, 0.25) is 5.71 Å². The molecule has 2 nitrogen and oxygen atoms in total. The van der Waals surface area contributed by atoms with Crippen LogP contribution in [0.25, 0.3) is 59.2 Å². The van der Waals surface area contributed by atoms with Crippen LogP contribution in [0.4, 0.5) is 0 Å². The van der Waals surface area contributed by atoms with Crippen LogP contribution in [0.5, 0.6) is 0 Å². The second-order valence-corrected chi connectivity index (χ2v) is 8.86. The number of benzene rings is 4. The predicted molar refractivity (Wildman–Crippen MR) is 131 cm³/mol. The van der Waals surface area contributed by atoms with Crippen LogP contribution >= 0.6 is 11.3 Å².